The first-order chi connectivity index (χ1) is 0. The smallest absolute Gasteiger partial charge is 0 e. The van der Waals surface area contributed by atoms with Crippen molar-refractivity contribution in [3.05, 3.63) is 0 Å². The van der Waals surface area contributed by atoms with E-state index in [1.807, 2.05) is 0 Å². The summed E-state index contributed by atoms with van der Waals surface area (Å²) >= 11 is 0. The number of rotatable bonds is 0. The molecule has 0 atom stereocenters. The summed E-state index contributed by atoms with van der Waals surface area (Å²) in [6.07, 6.45) is 0. The van der Waals surface area contributed by atoms with Gasteiger partial charge in [0.05, 0.1) is 0 Å². The molecule has 0 unspecified atom stereocenters. The van der Waals surface area contributed by atoms with E-state index in [1.54, 1.807) is 0 Å². The minimum absolute atomic E-state index is 0. The topological polar surface area (TPSA) is 31.5 Å². The number of hydrogen-bond acceptors (Lipinski definition) is 0. The first kappa shape index (κ1) is 38.6. The van der Waals surface area contributed by atoms with Crippen LogP contribution in [0.5, 0.6) is 0 Å². The van der Waals surface area contributed by atoms with Crippen molar-refractivity contribution in [2.45, 2.75) is 0 Å². The Morgan fingerprint density at radius 1 is 1.00 bits per heavy atom. The van der Waals surface area contributed by atoms with Crippen LogP contribution < -0.4 is 0 Å². The molecule has 0 aliphatic rings. The largest absolute Gasteiger partial charge is 0.412 e. The first-order valence-corrected chi connectivity index (χ1v) is 0. The molecule has 0 amide bonds. The minimum atomic E-state index is 0. The third-order valence-corrected chi connectivity index (χ3v) is 0. The molecular formula is H2CuNbOTi. The van der Waals surface area contributed by atoms with Gasteiger partial charge in [0.25, 0.3) is 0 Å². The van der Waals surface area contributed by atoms with Gasteiger partial charge in [-0.25, -0.2) is 0 Å². The summed E-state index contributed by atoms with van der Waals surface area (Å²) in [4.78, 5) is 0. The molecule has 2 radical (unpaired) electrons. The average molecular weight is 222 g/mol. The van der Waals surface area contributed by atoms with E-state index in [9.17, 15) is 0 Å². The summed E-state index contributed by atoms with van der Waals surface area (Å²) in [6, 6.07) is 0. The van der Waals surface area contributed by atoms with Crippen molar-refractivity contribution in [3.8, 4) is 0 Å². The van der Waals surface area contributed by atoms with Crippen molar-refractivity contribution in [1.82, 2.24) is 0 Å². The molecule has 0 aliphatic carbocycles. The predicted octanol–water partition coefficient (Wildman–Crippen LogP) is -0.832. The van der Waals surface area contributed by atoms with E-state index >= 15 is 0 Å². The zero-order valence-corrected chi connectivity index (χ0v) is 6.45. The second kappa shape index (κ2) is 20.4. The zero-order chi connectivity index (χ0) is 0. The Morgan fingerprint density at radius 2 is 1.00 bits per heavy atom. The Bertz CT molecular complexity index is 8.00. The molecule has 0 heterocycles. The van der Waals surface area contributed by atoms with Gasteiger partial charge < -0.3 is 5.48 Å². The molecule has 0 fully saturated rings. The van der Waals surface area contributed by atoms with Gasteiger partial charge in [-0.15, -0.1) is 0 Å². The summed E-state index contributed by atoms with van der Waals surface area (Å²) < 4.78 is 0. The molecule has 0 aromatic rings. The van der Waals surface area contributed by atoms with Crippen LogP contribution >= 0.6 is 0 Å². The van der Waals surface area contributed by atoms with E-state index in [4.69, 9.17) is 0 Å². The van der Waals surface area contributed by atoms with Gasteiger partial charge >= 0.3 is 0 Å². The molecule has 0 spiro atoms. The third kappa shape index (κ3) is 9.05. The summed E-state index contributed by atoms with van der Waals surface area (Å²) in [5.74, 6) is 0. The van der Waals surface area contributed by atoms with Crippen LogP contribution in [0.25, 0.3) is 0 Å². The predicted molar refractivity (Wildman–Crippen MR) is 3.61 cm³/mol. The van der Waals surface area contributed by atoms with Crippen LogP contribution in [0.2, 0.25) is 0 Å². The van der Waals surface area contributed by atoms with Gasteiger partial charge in [-0.2, -0.15) is 0 Å². The van der Waals surface area contributed by atoms with Crippen molar-refractivity contribution in [2.24, 2.45) is 0 Å². The fourth-order valence-corrected chi connectivity index (χ4v) is 0. The summed E-state index contributed by atoms with van der Waals surface area (Å²) in [5.41, 5.74) is 0. The van der Waals surface area contributed by atoms with Crippen LogP contribution in [-0.2, 0) is 61.2 Å². The third-order valence-electron chi connectivity index (χ3n) is 0. The molecule has 0 aromatic heterocycles. The minimum Gasteiger partial charge on any atom is -0.412 e. The Kier molecular flexibility index (Phi) is 197. The molecule has 0 saturated heterocycles. The summed E-state index contributed by atoms with van der Waals surface area (Å²) in [5, 5.41) is 0. The van der Waals surface area contributed by atoms with Gasteiger partial charge in [0.1, 0.15) is 0 Å². The molecule has 1 nitrogen and oxygen atoms in total. The van der Waals surface area contributed by atoms with Crippen LogP contribution in [0.4, 0.5) is 0 Å². The second-order valence-corrected chi connectivity index (χ2v) is 0. The van der Waals surface area contributed by atoms with Crippen molar-refractivity contribution < 1.29 is 66.6 Å². The molecule has 0 bridgehead atoms. The fraction of sp³-hybridized carbons (Fsp3) is 0. The van der Waals surface area contributed by atoms with E-state index < -0.39 is 0 Å². The van der Waals surface area contributed by atoms with Gasteiger partial charge in [0.2, 0.25) is 0 Å². The summed E-state index contributed by atoms with van der Waals surface area (Å²) in [7, 11) is 0. The van der Waals surface area contributed by atoms with Crippen LogP contribution in [0, 0.1) is 0 Å². The fourth-order valence-electron chi connectivity index (χ4n) is 0. The zero-order valence-electron chi connectivity index (χ0n) is 1.75. The molecule has 28 valence electrons. The van der Waals surface area contributed by atoms with E-state index in [-0.39, 0.29) is 66.6 Å². The molecule has 0 saturated carbocycles. The van der Waals surface area contributed by atoms with Gasteiger partial charge in [0.15, 0.2) is 0 Å². The van der Waals surface area contributed by atoms with Crippen molar-refractivity contribution >= 4 is 0 Å². The molecular weight excluding hydrogens is 220 g/mol. The SMILES string of the molecule is O.[Cu].[Nb].[Ti]. The number of hydrogen-bond donors (Lipinski definition) is 0. The Labute approximate surface area is 66.1 Å². The van der Waals surface area contributed by atoms with Gasteiger partial charge in [-0.1, -0.05) is 0 Å². The average Bonchev–Trinajstić information content (AvgIpc) is 0. The van der Waals surface area contributed by atoms with Gasteiger partial charge in [0, 0.05) is 61.2 Å². The maximum absolute atomic E-state index is 0. The molecule has 4 heteroatoms. The first-order valence-electron chi connectivity index (χ1n) is 0. The monoisotopic (exact) mass is 222 g/mol. The normalized spacial score (nSPS) is 0. The Hall–Kier alpha value is 1.93. The molecule has 4 heavy (non-hydrogen) atoms. The Balaban J connectivity index is 0. The standard InChI is InChI=1S/Cu.Nb.H2O.Ti/h;;1H2;. The summed E-state index contributed by atoms with van der Waals surface area (Å²) in [6.45, 7) is 0. The van der Waals surface area contributed by atoms with Crippen LogP contribution in [0.1, 0.15) is 0 Å². The molecule has 0 aromatic carbocycles. The van der Waals surface area contributed by atoms with E-state index in [0.29, 0.717) is 0 Å². The maximum atomic E-state index is 0. The van der Waals surface area contributed by atoms with Crippen LogP contribution in [0.15, 0.2) is 0 Å². The van der Waals surface area contributed by atoms with Crippen LogP contribution in [0.3, 0.4) is 0 Å². The van der Waals surface area contributed by atoms with Crippen molar-refractivity contribution in [1.29, 1.82) is 0 Å². The maximum Gasteiger partial charge on any atom is 0 e. The van der Waals surface area contributed by atoms with E-state index in [0.717, 1.165) is 0 Å². The van der Waals surface area contributed by atoms with Gasteiger partial charge in [-0.3, -0.25) is 0 Å². The second-order valence-electron chi connectivity index (χ2n) is 0. The quantitative estimate of drug-likeness (QED) is 0.479. The van der Waals surface area contributed by atoms with Crippen LogP contribution in [-0.4, -0.2) is 5.48 Å². The Morgan fingerprint density at radius 3 is 1.00 bits per heavy atom. The van der Waals surface area contributed by atoms with Crippen molar-refractivity contribution in [2.75, 3.05) is 0 Å². The van der Waals surface area contributed by atoms with Crippen molar-refractivity contribution in [3.63, 3.8) is 0 Å². The molecule has 0 aliphatic heterocycles. The molecule has 0 rings (SSSR count). The molecule has 2 N–H and O–H groups in total. The van der Waals surface area contributed by atoms with E-state index in [1.165, 1.54) is 0 Å². The van der Waals surface area contributed by atoms with E-state index in [2.05, 4.69) is 0 Å². The van der Waals surface area contributed by atoms with Gasteiger partial charge in [-0.05, 0) is 0 Å².